The first kappa shape index (κ1) is 10.5. The second kappa shape index (κ2) is 5.22. The minimum atomic E-state index is -0.679. The number of primary amides is 2. The zero-order chi connectivity index (χ0) is 9.56. The summed E-state index contributed by atoms with van der Waals surface area (Å²) in [5, 5.41) is 4.68. The first-order chi connectivity index (χ1) is 5.56. The van der Waals surface area contributed by atoms with E-state index in [2.05, 4.69) is 10.6 Å². The standard InChI is InChI=1S/C6H14N4O2/c1-2-3-4(9-5(7)11)10-6(8)12/h4H,2-3H2,1H3,(H3,7,9,11)(H3,8,10,12). The predicted molar refractivity (Wildman–Crippen MR) is 44.1 cm³/mol. The number of rotatable bonds is 4. The van der Waals surface area contributed by atoms with Gasteiger partial charge >= 0.3 is 12.1 Å². The van der Waals surface area contributed by atoms with Crippen LogP contribution >= 0.6 is 0 Å². The average molecular weight is 174 g/mol. The van der Waals surface area contributed by atoms with Crippen LogP contribution in [-0.2, 0) is 0 Å². The van der Waals surface area contributed by atoms with Gasteiger partial charge in [-0.15, -0.1) is 0 Å². The highest BCUT2D eigenvalue weighted by atomic mass is 16.2. The summed E-state index contributed by atoms with van der Waals surface area (Å²) in [5.74, 6) is 0. The summed E-state index contributed by atoms with van der Waals surface area (Å²) < 4.78 is 0. The van der Waals surface area contributed by atoms with Crippen LogP contribution in [0.4, 0.5) is 9.59 Å². The van der Waals surface area contributed by atoms with Crippen molar-refractivity contribution in [3.8, 4) is 0 Å². The molecule has 0 saturated heterocycles. The lowest BCUT2D eigenvalue weighted by molar-refractivity contribution is 0.233. The fraction of sp³-hybridized carbons (Fsp3) is 0.667. The molecule has 6 nitrogen and oxygen atoms in total. The summed E-state index contributed by atoms with van der Waals surface area (Å²) in [6.07, 6.45) is 0.946. The van der Waals surface area contributed by atoms with Crippen molar-refractivity contribution < 1.29 is 9.59 Å². The van der Waals surface area contributed by atoms with Crippen LogP contribution < -0.4 is 22.1 Å². The van der Waals surface area contributed by atoms with Crippen molar-refractivity contribution in [1.29, 1.82) is 0 Å². The normalized spacial score (nSPS) is 9.50. The van der Waals surface area contributed by atoms with Gasteiger partial charge in [-0.05, 0) is 6.42 Å². The molecule has 0 atom stereocenters. The number of amides is 4. The molecule has 0 bridgehead atoms. The number of carbonyl (C=O) groups is 2. The SMILES string of the molecule is CCCC(NC(N)=O)NC(N)=O. The molecule has 0 aromatic rings. The Morgan fingerprint density at radius 1 is 1.25 bits per heavy atom. The molecular weight excluding hydrogens is 160 g/mol. The smallest absolute Gasteiger partial charge is 0.313 e. The first-order valence-electron chi connectivity index (χ1n) is 3.68. The highest BCUT2D eigenvalue weighted by Crippen LogP contribution is 1.91. The molecule has 0 fully saturated rings. The molecule has 0 heterocycles. The van der Waals surface area contributed by atoms with Crippen molar-refractivity contribution in [1.82, 2.24) is 10.6 Å². The molecule has 0 aliphatic heterocycles. The molecule has 4 amide bonds. The van der Waals surface area contributed by atoms with Crippen molar-refractivity contribution in [3.05, 3.63) is 0 Å². The Kier molecular flexibility index (Phi) is 4.59. The van der Waals surface area contributed by atoms with E-state index < -0.39 is 18.2 Å². The molecule has 12 heavy (non-hydrogen) atoms. The molecule has 0 rings (SSSR count). The maximum atomic E-state index is 10.4. The second-order valence-corrected chi connectivity index (χ2v) is 2.36. The van der Waals surface area contributed by atoms with Gasteiger partial charge in [-0.1, -0.05) is 13.3 Å². The molecule has 0 aliphatic rings. The van der Waals surface area contributed by atoms with E-state index in [1.807, 2.05) is 6.92 Å². The first-order valence-corrected chi connectivity index (χ1v) is 3.68. The van der Waals surface area contributed by atoms with Gasteiger partial charge < -0.3 is 22.1 Å². The molecular formula is C6H14N4O2. The molecule has 0 aliphatic carbocycles. The molecule has 0 spiro atoms. The minimum Gasteiger partial charge on any atom is -0.352 e. The maximum absolute atomic E-state index is 10.4. The number of hydrogen-bond acceptors (Lipinski definition) is 2. The highest BCUT2D eigenvalue weighted by Gasteiger charge is 2.09. The maximum Gasteiger partial charge on any atom is 0.313 e. The van der Waals surface area contributed by atoms with Crippen LogP contribution in [0.2, 0.25) is 0 Å². The Morgan fingerprint density at radius 2 is 1.67 bits per heavy atom. The van der Waals surface area contributed by atoms with E-state index in [-0.39, 0.29) is 0 Å². The average Bonchev–Trinajstić information content (AvgIpc) is 1.84. The van der Waals surface area contributed by atoms with Crippen molar-refractivity contribution in [2.24, 2.45) is 11.5 Å². The number of urea groups is 2. The predicted octanol–water partition coefficient (Wildman–Crippen LogP) is -0.551. The van der Waals surface area contributed by atoms with Gasteiger partial charge in [0.05, 0.1) is 0 Å². The van der Waals surface area contributed by atoms with Crippen molar-refractivity contribution in [2.45, 2.75) is 25.9 Å². The third-order valence-corrected chi connectivity index (χ3v) is 1.21. The number of hydrogen-bond donors (Lipinski definition) is 4. The second-order valence-electron chi connectivity index (χ2n) is 2.36. The van der Waals surface area contributed by atoms with Gasteiger partial charge in [0.15, 0.2) is 0 Å². The van der Waals surface area contributed by atoms with Crippen LogP contribution in [0.5, 0.6) is 0 Å². The van der Waals surface area contributed by atoms with Gasteiger partial charge in [-0.3, -0.25) is 0 Å². The quantitative estimate of drug-likeness (QED) is 0.429. The Bertz CT molecular complexity index is 155. The van der Waals surface area contributed by atoms with Crippen molar-refractivity contribution in [2.75, 3.05) is 0 Å². The van der Waals surface area contributed by atoms with Gasteiger partial charge in [0, 0.05) is 0 Å². The molecule has 0 radical (unpaired) electrons. The zero-order valence-electron chi connectivity index (χ0n) is 6.96. The van der Waals surface area contributed by atoms with Gasteiger partial charge in [0.1, 0.15) is 6.17 Å². The molecule has 0 saturated carbocycles. The summed E-state index contributed by atoms with van der Waals surface area (Å²) in [6.45, 7) is 1.92. The zero-order valence-corrected chi connectivity index (χ0v) is 6.96. The monoisotopic (exact) mass is 174 g/mol. The van der Waals surface area contributed by atoms with Crippen LogP contribution in [0.3, 0.4) is 0 Å². The summed E-state index contributed by atoms with van der Waals surface area (Å²) in [5.41, 5.74) is 9.71. The molecule has 0 unspecified atom stereocenters. The minimum absolute atomic E-state index is 0.468. The van der Waals surface area contributed by atoms with Crippen LogP contribution in [0.25, 0.3) is 0 Å². The van der Waals surface area contributed by atoms with E-state index in [4.69, 9.17) is 11.5 Å². The fourth-order valence-corrected chi connectivity index (χ4v) is 0.813. The topological polar surface area (TPSA) is 110 Å². The van der Waals surface area contributed by atoms with E-state index in [1.165, 1.54) is 0 Å². The van der Waals surface area contributed by atoms with E-state index >= 15 is 0 Å². The number of nitrogens with two attached hydrogens (primary N) is 2. The van der Waals surface area contributed by atoms with Gasteiger partial charge in [-0.25, -0.2) is 9.59 Å². The lowest BCUT2D eigenvalue weighted by atomic mass is 10.3. The fourth-order valence-electron chi connectivity index (χ4n) is 0.813. The van der Waals surface area contributed by atoms with Crippen molar-refractivity contribution in [3.63, 3.8) is 0 Å². The Labute approximate surface area is 70.7 Å². The summed E-state index contributed by atoms with van der Waals surface area (Å²) >= 11 is 0. The number of nitrogens with one attached hydrogen (secondary N) is 2. The van der Waals surface area contributed by atoms with Gasteiger partial charge in [-0.2, -0.15) is 0 Å². The molecule has 0 aromatic heterocycles. The molecule has 6 heteroatoms. The van der Waals surface area contributed by atoms with Crippen LogP contribution in [-0.4, -0.2) is 18.2 Å². The Morgan fingerprint density at radius 3 is 1.92 bits per heavy atom. The van der Waals surface area contributed by atoms with Crippen LogP contribution in [0.15, 0.2) is 0 Å². The Hall–Kier alpha value is -1.46. The lowest BCUT2D eigenvalue weighted by Crippen LogP contribution is -2.51. The highest BCUT2D eigenvalue weighted by molar-refractivity contribution is 5.75. The summed E-state index contributed by atoms with van der Waals surface area (Å²) in [6, 6.07) is -1.36. The van der Waals surface area contributed by atoms with E-state index in [0.29, 0.717) is 6.42 Å². The van der Waals surface area contributed by atoms with E-state index in [0.717, 1.165) is 6.42 Å². The van der Waals surface area contributed by atoms with Gasteiger partial charge in [0.2, 0.25) is 0 Å². The van der Waals surface area contributed by atoms with Crippen LogP contribution in [0, 0.1) is 0 Å². The largest absolute Gasteiger partial charge is 0.352 e. The number of carbonyl (C=O) groups excluding carboxylic acids is 2. The Balaban J connectivity index is 3.85. The summed E-state index contributed by atoms with van der Waals surface area (Å²) in [7, 11) is 0. The van der Waals surface area contributed by atoms with Gasteiger partial charge in [0.25, 0.3) is 0 Å². The third-order valence-electron chi connectivity index (χ3n) is 1.21. The van der Waals surface area contributed by atoms with Crippen molar-refractivity contribution >= 4 is 12.1 Å². The van der Waals surface area contributed by atoms with E-state index in [9.17, 15) is 9.59 Å². The van der Waals surface area contributed by atoms with E-state index in [1.54, 1.807) is 0 Å². The van der Waals surface area contributed by atoms with Crippen LogP contribution in [0.1, 0.15) is 19.8 Å². The summed E-state index contributed by atoms with van der Waals surface area (Å²) in [4.78, 5) is 20.8. The molecule has 6 N–H and O–H groups in total. The molecule has 70 valence electrons. The molecule has 0 aromatic carbocycles. The lowest BCUT2D eigenvalue weighted by Gasteiger charge is -2.16. The third kappa shape index (κ3) is 5.33.